The molecule has 0 unspecified atom stereocenters. The minimum absolute atomic E-state index is 0.0544. The van der Waals surface area contributed by atoms with Crippen LogP contribution in [0, 0.1) is 5.92 Å². The Balaban J connectivity index is 1.29. The van der Waals surface area contributed by atoms with Gasteiger partial charge in [-0.05, 0) is 49.7 Å². The molecule has 5 rings (SSSR count). The average Bonchev–Trinajstić information content (AvgIpc) is 3.31. The molecule has 0 atom stereocenters. The largest absolute Gasteiger partial charge is 0.355 e. The lowest BCUT2D eigenvalue weighted by Crippen LogP contribution is -2.37. The van der Waals surface area contributed by atoms with Crippen molar-refractivity contribution in [1.82, 2.24) is 24.4 Å². The molecule has 0 saturated carbocycles. The Hall–Kier alpha value is -2.70. The maximum absolute atomic E-state index is 12.3. The summed E-state index contributed by atoms with van der Waals surface area (Å²) in [7, 11) is 0. The predicted octanol–water partition coefficient (Wildman–Crippen LogP) is 1.69. The van der Waals surface area contributed by atoms with Gasteiger partial charge in [-0.1, -0.05) is 0 Å². The van der Waals surface area contributed by atoms with Gasteiger partial charge in [-0.3, -0.25) is 4.79 Å². The first-order valence-corrected chi connectivity index (χ1v) is 9.41. The number of fused-ring (bicyclic) bond motifs is 2. The highest BCUT2D eigenvalue weighted by Crippen LogP contribution is 2.26. The molecule has 1 saturated heterocycles. The van der Waals surface area contributed by atoms with Crippen molar-refractivity contribution < 1.29 is 0 Å². The van der Waals surface area contributed by atoms with Crippen molar-refractivity contribution >= 4 is 11.3 Å². The third-order valence-corrected chi connectivity index (χ3v) is 5.67. The zero-order valence-corrected chi connectivity index (χ0v) is 14.7. The first-order chi connectivity index (χ1) is 12.8. The highest BCUT2D eigenvalue weighted by Gasteiger charge is 2.23. The summed E-state index contributed by atoms with van der Waals surface area (Å²) in [5.41, 5.74) is 3.38. The second-order valence-electron chi connectivity index (χ2n) is 7.33. The number of nitrogens with zero attached hydrogens (tertiary/aromatic N) is 6. The third-order valence-electron chi connectivity index (χ3n) is 5.67. The molecule has 134 valence electrons. The van der Waals surface area contributed by atoms with Gasteiger partial charge in [0.2, 0.25) is 0 Å². The fourth-order valence-electron chi connectivity index (χ4n) is 4.23. The molecule has 0 N–H and O–H groups in total. The number of hydrogen-bond acceptors (Lipinski definition) is 5. The molecule has 1 fully saturated rings. The lowest BCUT2D eigenvalue weighted by Gasteiger charge is -2.33. The zero-order valence-electron chi connectivity index (χ0n) is 14.7. The molecule has 4 heterocycles. The molecule has 1 aliphatic carbocycles. The van der Waals surface area contributed by atoms with E-state index < -0.39 is 0 Å². The van der Waals surface area contributed by atoms with E-state index in [1.54, 1.807) is 23.1 Å². The molecule has 0 radical (unpaired) electrons. The predicted molar refractivity (Wildman–Crippen MR) is 98.4 cm³/mol. The molecule has 3 aromatic rings. The van der Waals surface area contributed by atoms with Crippen LogP contribution in [0.15, 0.2) is 35.5 Å². The van der Waals surface area contributed by atoms with E-state index in [0.717, 1.165) is 74.3 Å². The standard InChI is InChI=1S/C19H22N6O/c26-18-12-15-2-1-3-16(15)22-25(18)13-14-5-9-23(10-6-14)19-17-4-7-21-24(17)11-8-20-19/h4,7-8,11-12,14H,1-3,5-6,9-10,13H2. The maximum atomic E-state index is 12.3. The normalized spacial score (nSPS) is 17.8. The Kier molecular flexibility index (Phi) is 3.72. The quantitative estimate of drug-likeness (QED) is 0.719. The lowest BCUT2D eigenvalue weighted by molar-refractivity contribution is 0.333. The van der Waals surface area contributed by atoms with E-state index in [1.165, 1.54) is 0 Å². The summed E-state index contributed by atoms with van der Waals surface area (Å²) < 4.78 is 3.56. The summed E-state index contributed by atoms with van der Waals surface area (Å²) in [5, 5.41) is 8.91. The summed E-state index contributed by atoms with van der Waals surface area (Å²) in [5.74, 6) is 1.48. The summed E-state index contributed by atoms with van der Waals surface area (Å²) in [4.78, 5) is 19.2. The van der Waals surface area contributed by atoms with Crippen LogP contribution in [-0.2, 0) is 19.4 Å². The van der Waals surface area contributed by atoms with Crippen LogP contribution in [0.25, 0.3) is 5.52 Å². The number of piperidine rings is 1. The van der Waals surface area contributed by atoms with E-state index in [-0.39, 0.29) is 5.56 Å². The van der Waals surface area contributed by atoms with E-state index >= 15 is 0 Å². The van der Waals surface area contributed by atoms with Gasteiger partial charge in [0.05, 0.1) is 11.9 Å². The third kappa shape index (κ3) is 2.67. The maximum Gasteiger partial charge on any atom is 0.267 e. The monoisotopic (exact) mass is 350 g/mol. The van der Waals surface area contributed by atoms with Gasteiger partial charge in [0.25, 0.3) is 5.56 Å². The number of rotatable bonds is 3. The van der Waals surface area contributed by atoms with Crippen molar-refractivity contribution in [3.63, 3.8) is 0 Å². The Labute approximate surface area is 151 Å². The smallest absolute Gasteiger partial charge is 0.267 e. The van der Waals surface area contributed by atoms with Crippen molar-refractivity contribution in [3.8, 4) is 0 Å². The van der Waals surface area contributed by atoms with Crippen molar-refractivity contribution in [2.45, 2.75) is 38.6 Å². The van der Waals surface area contributed by atoms with Crippen LogP contribution in [0.2, 0.25) is 0 Å². The van der Waals surface area contributed by atoms with Gasteiger partial charge < -0.3 is 4.90 Å². The van der Waals surface area contributed by atoms with E-state index in [2.05, 4.69) is 20.1 Å². The second-order valence-corrected chi connectivity index (χ2v) is 7.33. The molecule has 3 aromatic heterocycles. The molecular formula is C19H22N6O. The fraction of sp³-hybridized carbons (Fsp3) is 0.474. The van der Waals surface area contributed by atoms with Crippen molar-refractivity contribution in [2.75, 3.05) is 18.0 Å². The number of hydrogen-bond donors (Lipinski definition) is 0. The number of anilines is 1. The van der Waals surface area contributed by atoms with Crippen molar-refractivity contribution in [2.24, 2.45) is 5.92 Å². The first kappa shape index (κ1) is 15.5. The van der Waals surface area contributed by atoms with Gasteiger partial charge in [0.1, 0.15) is 5.52 Å². The van der Waals surface area contributed by atoms with E-state index in [4.69, 9.17) is 0 Å². The van der Waals surface area contributed by atoms with Crippen LogP contribution in [0.5, 0.6) is 0 Å². The van der Waals surface area contributed by atoms with E-state index in [0.29, 0.717) is 5.92 Å². The molecule has 1 aliphatic heterocycles. The lowest BCUT2D eigenvalue weighted by atomic mass is 9.97. The van der Waals surface area contributed by atoms with Gasteiger partial charge >= 0.3 is 0 Å². The van der Waals surface area contributed by atoms with Gasteiger partial charge in [-0.25, -0.2) is 14.2 Å². The summed E-state index contributed by atoms with van der Waals surface area (Å²) in [6, 6.07) is 3.80. The molecule has 0 amide bonds. The highest BCUT2D eigenvalue weighted by atomic mass is 16.1. The SMILES string of the molecule is O=c1cc2c(nn1CC1CCN(c3nccn4nccc34)CC1)CCC2. The Bertz CT molecular complexity index is 999. The van der Waals surface area contributed by atoms with Gasteiger partial charge in [-0.15, -0.1) is 0 Å². The molecule has 7 nitrogen and oxygen atoms in total. The molecule has 0 spiro atoms. The average molecular weight is 350 g/mol. The van der Waals surface area contributed by atoms with Crippen LogP contribution < -0.4 is 10.5 Å². The van der Waals surface area contributed by atoms with Crippen LogP contribution >= 0.6 is 0 Å². The number of aromatic nitrogens is 5. The molecule has 0 bridgehead atoms. The van der Waals surface area contributed by atoms with Crippen molar-refractivity contribution in [1.29, 1.82) is 0 Å². The Morgan fingerprint density at radius 2 is 2.04 bits per heavy atom. The van der Waals surface area contributed by atoms with Crippen LogP contribution in [0.4, 0.5) is 5.82 Å². The van der Waals surface area contributed by atoms with Gasteiger partial charge in [0, 0.05) is 38.1 Å². The Morgan fingerprint density at radius 3 is 2.92 bits per heavy atom. The summed E-state index contributed by atoms with van der Waals surface area (Å²) >= 11 is 0. The van der Waals surface area contributed by atoms with Crippen LogP contribution in [0.1, 0.15) is 30.5 Å². The zero-order chi connectivity index (χ0) is 17.5. The van der Waals surface area contributed by atoms with E-state index in [1.807, 2.05) is 16.8 Å². The first-order valence-electron chi connectivity index (χ1n) is 9.41. The van der Waals surface area contributed by atoms with Crippen LogP contribution in [-0.4, -0.2) is 37.5 Å². The van der Waals surface area contributed by atoms with Crippen molar-refractivity contribution in [3.05, 3.63) is 52.3 Å². The van der Waals surface area contributed by atoms with E-state index in [9.17, 15) is 4.79 Å². The molecule has 2 aliphatic rings. The molecular weight excluding hydrogens is 328 g/mol. The molecule has 26 heavy (non-hydrogen) atoms. The summed E-state index contributed by atoms with van der Waals surface area (Å²) in [6.45, 7) is 2.62. The van der Waals surface area contributed by atoms with Gasteiger partial charge in [-0.2, -0.15) is 10.2 Å². The molecule has 7 heteroatoms. The van der Waals surface area contributed by atoms with Gasteiger partial charge in [0.15, 0.2) is 5.82 Å². The summed E-state index contributed by atoms with van der Waals surface area (Å²) in [6.07, 6.45) is 10.7. The Morgan fingerprint density at radius 1 is 1.15 bits per heavy atom. The second kappa shape index (κ2) is 6.23. The fourth-order valence-corrected chi connectivity index (χ4v) is 4.23. The minimum Gasteiger partial charge on any atom is -0.355 e. The topological polar surface area (TPSA) is 68.3 Å². The molecule has 0 aromatic carbocycles. The highest BCUT2D eigenvalue weighted by molar-refractivity contribution is 5.68. The minimum atomic E-state index is 0.0544. The van der Waals surface area contributed by atoms with Crippen LogP contribution in [0.3, 0.4) is 0 Å². The number of aryl methyl sites for hydroxylation is 2.